The number of likely N-dealkylation sites (N-methyl/N-ethyl adjacent to an activating group) is 1. The average molecular weight is 450 g/mol. The predicted molar refractivity (Wildman–Crippen MR) is 143 cm³/mol. The van der Waals surface area contributed by atoms with Crippen molar-refractivity contribution < 1.29 is 4.79 Å². The lowest BCUT2D eigenvalue weighted by atomic mass is 9.73. The molecule has 3 N–H and O–H groups in total. The van der Waals surface area contributed by atoms with Crippen LogP contribution in [0.1, 0.15) is 47.1 Å². The maximum atomic E-state index is 11.6. The summed E-state index contributed by atoms with van der Waals surface area (Å²) in [5.74, 6) is 0.391. The Bertz CT molecular complexity index is 1220. The second kappa shape index (κ2) is 10.8. The van der Waals surface area contributed by atoms with Gasteiger partial charge in [-0.1, -0.05) is 67.1 Å². The summed E-state index contributed by atoms with van der Waals surface area (Å²) in [5.41, 5.74) is 8.86. The lowest BCUT2D eigenvalue weighted by Crippen LogP contribution is -2.15. The Balaban J connectivity index is 1.90. The summed E-state index contributed by atoms with van der Waals surface area (Å²) in [6.45, 7) is 0. The summed E-state index contributed by atoms with van der Waals surface area (Å²) in [5, 5.41) is 13.7. The molecule has 3 aromatic carbocycles. The van der Waals surface area contributed by atoms with E-state index in [9.17, 15) is 4.79 Å². The molecule has 0 saturated heterocycles. The van der Waals surface area contributed by atoms with Crippen LogP contribution in [0.2, 0.25) is 0 Å². The van der Waals surface area contributed by atoms with Crippen molar-refractivity contribution in [1.82, 2.24) is 5.32 Å². The Hall–Kier alpha value is -3.92. The number of hydrogen-bond donors (Lipinski definition) is 3. The predicted octanol–water partition coefficient (Wildman–Crippen LogP) is 6.24. The average Bonchev–Trinajstić information content (AvgIpc) is 2.86. The third-order valence-corrected chi connectivity index (χ3v) is 6.51. The van der Waals surface area contributed by atoms with Gasteiger partial charge < -0.3 is 16.0 Å². The quantitative estimate of drug-likeness (QED) is 0.216. The highest BCUT2D eigenvalue weighted by atomic mass is 16.1. The summed E-state index contributed by atoms with van der Waals surface area (Å²) in [4.78, 5) is 11.6. The third kappa shape index (κ3) is 5.01. The van der Waals surface area contributed by atoms with Gasteiger partial charge in [-0.3, -0.25) is 4.79 Å². The molecule has 172 valence electrons. The number of nitrogens with one attached hydrogen (secondary N) is 3. The monoisotopic (exact) mass is 449 g/mol. The van der Waals surface area contributed by atoms with Crippen LogP contribution < -0.4 is 10.6 Å². The van der Waals surface area contributed by atoms with E-state index >= 15 is 0 Å². The number of hydrogen-bond acceptors (Lipinski definition) is 3. The molecule has 0 atom stereocenters. The number of benzene rings is 3. The Morgan fingerprint density at radius 1 is 0.912 bits per heavy atom. The summed E-state index contributed by atoms with van der Waals surface area (Å²) in [7, 11) is 3.51. The molecular formula is C30H31N3O. The number of rotatable bonds is 8. The van der Waals surface area contributed by atoms with Crippen molar-refractivity contribution in [2.75, 3.05) is 19.4 Å². The SMILES string of the molecule is CNC(=O)/C=C/c1ccc(/C(=C(\c2ccccc2)C2CCC2)c2ccc(NC)c(C=N)c2)cc1. The van der Waals surface area contributed by atoms with E-state index in [1.807, 2.05) is 13.1 Å². The van der Waals surface area contributed by atoms with Crippen LogP contribution in [0.5, 0.6) is 0 Å². The molecule has 0 aromatic heterocycles. The van der Waals surface area contributed by atoms with E-state index in [2.05, 4.69) is 83.4 Å². The van der Waals surface area contributed by atoms with E-state index in [0.717, 1.165) is 27.9 Å². The van der Waals surface area contributed by atoms with E-state index in [0.29, 0.717) is 5.92 Å². The standard InChI is InChI=1S/C30H31N3O/c1-32-27-17-16-25(19-26(27)20-31)30(24-14-11-21(12-15-24)13-18-28(34)33-2)29(23-9-6-10-23)22-7-4-3-5-8-22/h3-5,7-8,11-20,23,31-32H,6,9-10H2,1-2H3,(H,33,34)/b18-13+,30-29-,31-20?. The van der Waals surface area contributed by atoms with Crippen LogP contribution in [-0.2, 0) is 4.79 Å². The minimum absolute atomic E-state index is 0.121. The van der Waals surface area contributed by atoms with Gasteiger partial charge in [-0.25, -0.2) is 0 Å². The van der Waals surface area contributed by atoms with E-state index in [1.165, 1.54) is 42.2 Å². The van der Waals surface area contributed by atoms with Crippen molar-refractivity contribution in [3.8, 4) is 0 Å². The molecule has 1 aliphatic carbocycles. The van der Waals surface area contributed by atoms with Gasteiger partial charge in [-0.2, -0.15) is 0 Å². The molecule has 1 aliphatic rings. The number of carbonyl (C=O) groups excluding carboxylic acids is 1. The van der Waals surface area contributed by atoms with Crippen molar-refractivity contribution in [3.05, 3.63) is 107 Å². The normalized spacial score (nSPS) is 14.3. The Morgan fingerprint density at radius 2 is 1.62 bits per heavy atom. The summed E-state index contributed by atoms with van der Waals surface area (Å²) in [6, 6.07) is 25.4. The Morgan fingerprint density at radius 3 is 2.21 bits per heavy atom. The maximum absolute atomic E-state index is 11.6. The first-order valence-corrected chi connectivity index (χ1v) is 11.8. The van der Waals surface area contributed by atoms with Crippen LogP contribution in [0.15, 0.2) is 78.9 Å². The van der Waals surface area contributed by atoms with Crippen LogP contribution in [-0.4, -0.2) is 26.2 Å². The van der Waals surface area contributed by atoms with Gasteiger partial charge in [-0.15, -0.1) is 0 Å². The molecule has 0 unspecified atom stereocenters. The zero-order chi connectivity index (χ0) is 23.9. The zero-order valence-electron chi connectivity index (χ0n) is 19.8. The van der Waals surface area contributed by atoms with Gasteiger partial charge >= 0.3 is 0 Å². The fourth-order valence-electron chi connectivity index (χ4n) is 4.46. The molecule has 3 aromatic rings. The topological polar surface area (TPSA) is 65.0 Å². The van der Waals surface area contributed by atoms with E-state index < -0.39 is 0 Å². The van der Waals surface area contributed by atoms with Crippen LogP contribution in [0.3, 0.4) is 0 Å². The third-order valence-electron chi connectivity index (χ3n) is 6.51. The van der Waals surface area contributed by atoms with E-state index in [-0.39, 0.29) is 5.91 Å². The minimum atomic E-state index is -0.121. The van der Waals surface area contributed by atoms with Gasteiger partial charge in [0.05, 0.1) is 0 Å². The van der Waals surface area contributed by atoms with Gasteiger partial charge in [0.15, 0.2) is 0 Å². The van der Waals surface area contributed by atoms with Crippen molar-refractivity contribution >= 4 is 35.0 Å². The van der Waals surface area contributed by atoms with Crippen molar-refractivity contribution in [2.24, 2.45) is 5.92 Å². The van der Waals surface area contributed by atoms with Crippen LogP contribution in [0, 0.1) is 11.3 Å². The highest BCUT2D eigenvalue weighted by molar-refractivity contribution is 6.01. The summed E-state index contributed by atoms with van der Waals surface area (Å²) < 4.78 is 0. The van der Waals surface area contributed by atoms with Crippen LogP contribution >= 0.6 is 0 Å². The lowest BCUT2D eigenvalue weighted by Gasteiger charge is -2.32. The first-order chi connectivity index (χ1) is 16.6. The molecular weight excluding hydrogens is 418 g/mol. The van der Waals surface area contributed by atoms with E-state index in [1.54, 1.807) is 13.1 Å². The molecule has 0 radical (unpaired) electrons. The second-order valence-electron chi connectivity index (χ2n) is 8.55. The molecule has 1 fully saturated rings. The second-order valence-corrected chi connectivity index (χ2v) is 8.55. The number of carbonyl (C=O) groups is 1. The van der Waals surface area contributed by atoms with Gasteiger partial charge in [0.25, 0.3) is 0 Å². The van der Waals surface area contributed by atoms with Gasteiger partial charge in [-0.05, 0) is 70.4 Å². The molecule has 1 amide bonds. The van der Waals surface area contributed by atoms with Gasteiger partial charge in [0, 0.05) is 37.6 Å². The molecule has 34 heavy (non-hydrogen) atoms. The van der Waals surface area contributed by atoms with Crippen molar-refractivity contribution in [2.45, 2.75) is 19.3 Å². The molecule has 0 heterocycles. The number of amides is 1. The first kappa shape index (κ1) is 23.2. The molecule has 4 rings (SSSR count). The molecule has 0 bridgehead atoms. The van der Waals surface area contributed by atoms with Crippen molar-refractivity contribution in [3.63, 3.8) is 0 Å². The maximum Gasteiger partial charge on any atom is 0.243 e. The van der Waals surface area contributed by atoms with Crippen LogP contribution in [0.25, 0.3) is 17.2 Å². The molecule has 0 aliphatic heterocycles. The zero-order valence-corrected chi connectivity index (χ0v) is 19.8. The van der Waals surface area contributed by atoms with Crippen LogP contribution in [0.4, 0.5) is 5.69 Å². The summed E-state index contributed by atoms with van der Waals surface area (Å²) in [6.07, 6.45) is 8.40. The van der Waals surface area contributed by atoms with Gasteiger partial charge in [0.1, 0.15) is 0 Å². The van der Waals surface area contributed by atoms with Gasteiger partial charge in [0.2, 0.25) is 5.91 Å². The van der Waals surface area contributed by atoms with Crippen molar-refractivity contribution in [1.29, 1.82) is 5.41 Å². The largest absolute Gasteiger partial charge is 0.388 e. The highest BCUT2D eigenvalue weighted by Gasteiger charge is 2.27. The molecule has 0 spiro atoms. The summed E-state index contributed by atoms with van der Waals surface area (Å²) >= 11 is 0. The molecule has 4 heteroatoms. The Kier molecular flexibility index (Phi) is 7.38. The lowest BCUT2D eigenvalue weighted by molar-refractivity contribution is -0.115. The minimum Gasteiger partial charge on any atom is -0.388 e. The fourth-order valence-corrected chi connectivity index (χ4v) is 4.46. The number of anilines is 1. The molecule has 1 saturated carbocycles. The Labute approximate surface area is 201 Å². The number of allylic oxidation sites excluding steroid dienone is 1. The smallest absolute Gasteiger partial charge is 0.243 e. The van der Waals surface area contributed by atoms with E-state index in [4.69, 9.17) is 5.41 Å². The fraction of sp³-hybridized carbons (Fsp3) is 0.200. The highest BCUT2D eigenvalue weighted by Crippen LogP contribution is 2.45. The first-order valence-electron chi connectivity index (χ1n) is 11.8. The molecule has 4 nitrogen and oxygen atoms in total.